The molecule has 2 atom stereocenters. The van der Waals surface area contributed by atoms with E-state index in [-0.39, 0.29) is 51.5 Å². The van der Waals surface area contributed by atoms with Crippen molar-refractivity contribution < 1.29 is 9.18 Å². The first kappa shape index (κ1) is 29.9. The van der Waals surface area contributed by atoms with E-state index in [0.29, 0.717) is 35.5 Å². The molecule has 1 fully saturated rings. The Balaban J connectivity index is 1.91. The molecule has 0 aliphatic carbocycles. The second-order valence-corrected chi connectivity index (χ2v) is 11.6. The third-order valence-corrected chi connectivity index (χ3v) is 8.24. The Morgan fingerprint density at radius 2 is 1.91 bits per heavy atom. The molecule has 0 bridgehead atoms. The van der Waals surface area contributed by atoms with Gasteiger partial charge in [-0.05, 0) is 62.6 Å². The maximum absolute atomic E-state index is 15.0. The molecule has 0 radical (unpaired) electrons. The molecular weight excluding hydrogens is 567 g/mol. The van der Waals surface area contributed by atoms with Crippen LogP contribution in [0.25, 0.3) is 32.8 Å². The molecule has 8 nitrogen and oxygen atoms in total. The lowest BCUT2D eigenvalue weighted by Crippen LogP contribution is -2.58. The van der Waals surface area contributed by atoms with Crippen molar-refractivity contribution in [2.45, 2.75) is 52.6 Å². The molecular formula is C33H32ClFN6O2. The van der Waals surface area contributed by atoms with E-state index < -0.39 is 11.4 Å². The fraction of sp³-hybridized carbons (Fsp3) is 0.303. The first-order valence-corrected chi connectivity index (χ1v) is 14.4. The van der Waals surface area contributed by atoms with Crippen LogP contribution in [0.2, 0.25) is 5.02 Å². The van der Waals surface area contributed by atoms with Crippen LogP contribution in [-0.2, 0) is 4.79 Å². The van der Waals surface area contributed by atoms with Crippen LogP contribution in [0.1, 0.15) is 44.9 Å². The van der Waals surface area contributed by atoms with Crippen molar-refractivity contribution in [3.63, 3.8) is 0 Å². The largest absolute Gasteiger partial charge is 0.373 e. The molecule has 1 saturated heterocycles. The summed E-state index contributed by atoms with van der Waals surface area (Å²) in [5.41, 5.74) is 2.30. The van der Waals surface area contributed by atoms with E-state index in [9.17, 15) is 9.59 Å². The highest BCUT2D eigenvalue weighted by molar-refractivity contribution is 6.34. The minimum absolute atomic E-state index is 0.0531. The number of carbonyl (C=O) groups excluding carboxylic acids is 1. The quantitative estimate of drug-likeness (QED) is 0.186. The normalized spacial score (nSPS) is 16.9. The van der Waals surface area contributed by atoms with Gasteiger partial charge in [-0.1, -0.05) is 44.2 Å². The molecule has 10 heteroatoms. The summed E-state index contributed by atoms with van der Waals surface area (Å²) in [6, 6.07) is 9.16. The van der Waals surface area contributed by atoms with Gasteiger partial charge in [-0.15, -0.1) is 0 Å². The summed E-state index contributed by atoms with van der Waals surface area (Å²) in [6.07, 6.45) is 2.98. The van der Waals surface area contributed by atoms with Crippen LogP contribution in [0.5, 0.6) is 0 Å². The van der Waals surface area contributed by atoms with Crippen molar-refractivity contribution >= 4 is 39.9 Å². The van der Waals surface area contributed by atoms with Crippen molar-refractivity contribution in [1.29, 1.82) is 0 Å². The zero-order valence-corrected chi connectivity index (χ0v) is 25.5. The lowest BCUT2D eigenvalue weighted by Gasteiger charge is -2.45. The van der Waals surface area contributed by atoms with Gasteiger partial charge in [-0.25, -0.2) is 14.2 Å². The number of anilines is 1. The number of aromatic nitrogens is 3. The summed E-state index contributed by atoms with van der Waals surface area (Å²) >= 11 is 6.83. The maximum atomic E-state index is 15.0. The van der Waals surface area contributed by atoms with E-state index in [1.165, 1.54) is 16.7 Å². The van der Waals surface area contributed by atoms with Gasteiger partial charge in [0.15, 0.2) is 0 Å². The number of carbonyl (C=O) groups is 1. The van der Waals surface area contributed by atoms with Crippen LogP contribution in [0, 0.1) is 19.3 Å². The summed E-state index contributed by atoms with van der Waals surface area (Å²) in [4.78, 5) is 44.0. The molecule has 1 amide bonds. The van der Waals surface area contributed by atoms with Gasteiger partial charge in [-0.3, -0.25) is 19.1 Å². The molecule has 43 heavy (non-hydrogen) atoms. The Bertz CT molecular complexity index is 1880. The number of pyridine rings is 3. The van der Waals surface area contributed by atoms with Crippen LogP contribution < -0.4 is 10.5 Å². The van der Waals surface area contributed by atoms with Crippen LogP contribution in [0.15, 0.2) is 60.0 Å². The number of aryl methyl sites for hydroxylation is 1. The van der Waals surface area contributed by atoms with E-state index in [1.807, 2.05) is 39.5 Å². The molecule has 1 aliphatic rings. The van der Waals surface area contributed by atoms with E-state index in [4.69, 9.17) is 23.2 Å². The Hall–Kier alpha value is -4.55. The van der Waals surface area contributed by atoms with Gasteiger partial charge in [0, 0.05) is 42.3 Å². The van der Waals surface area contributed by atoms with Crippen molar-refractivity contribution in [2.75, 3.05) is 18.0 Å². The highest BCUT2D eigenvalue weighted by Gasteiger charge is 2.35. The van der Waals surface area contributed by atoms with Crippen molar-refractivity contribution in [3.05, 3.63) is 99.1 Å². The topological polar surface area (TPSA) is 75.7 Å². The number of nitrogens with zero attached hydrogens (tertiary/aromatic N) is 6. The maximum Gasteiger partial charge on any atom is 0.274 e. The smallest absolute Gasteiger partial charge is 0.274 e. The monoisotopic (exact) mass is 598 g/mol. The zero-order valence-electron chi connectivity index (χ0n) is 24.7. The predicted molar refractivity (Wildman–Crippen MR) is 169 cm³/mol. The molecule has 0 spiro atoms. The summed E-state index contributed by atoms with van der Waals surface area (Å²) < 4.78 is 16.5. The summed E-state index contributed by atoms with van der Waals surface area (Å²) in [5, 5.41) is 0.643. The standard InChI is InChI=1S/C33H32ClFN6O2/c1-8-26(42)39-16-21(6)40(17-20(39)5)31-23-15-24(34)28(22-11-9-10-12-25(22)35)38-32(23)41(33(43)29(31)36-7)30-19(4)13-14-37-27(30)18(2)3/h8-15,18,20-21H,1,16-17H2,2-6H3/t20-,21+/m1/s1. The van der Waals surface area contributed by atoms with Gasteiger partial charge in [0.05, 0.1) is 34.4 Å². The molecule has 0 N–H and O–H groups in total. The lowest BCUT2D eigenvalue weighted by molar-refractivity contribution is -0.128. The SMILES string of the molecule is [C-]#[N+]c1c(N2C[C@@H](C)N(C(=O)C=C)C[C@@H]2C)c2cc(Cl)c(-c3ccccc3F)nc2n(-c2c(C)ccnc2C(C)C)c1=O. The van der Waals surface area contributed by atoms with E-state index in [2.05, 4.69) is 16.4 Å². The van der Waals surface area contributed by atoms with Crippen LogP contribution >= 0.6 is 11.6 Å². The van der Waals surface area contributed by atoms with E-state index in [1.54, 1.807) is 41.4 Å². The fourth-order valence-electron chi connectivity index (χ4n) is 5.84. The summed E-state index contributed by atoms with van der Waals surface area (Å²) in [5.74, 6) is -0.742. The molecule has 3 aromatic heterocycles. The lowest BCUT2D eigenvalue weighted by atomic mass is 10.0. The van der Waals surface area contributed by atoms with Crippen molar-refractivity contribution in [3.8, 4) is 16.9 Å². The van der Waals surface area contributed by atoms with E-state index >= 15 is 4.39 Å². The predicted octanol–water partition coefficient (Wildman–Crippen LogP) is 6.83. The number of halogens is 2. The summed E-state index contributed by atoms with van der Waals surface area (Å²) in [7, 11) is 0. The number of hydrogen-bond acceptors (Lipinski definition) is 5. The fourth-order valence-corrected chi connectivity index (χ4v) is 6.10. The minimum Gasteiger partial charge on any atom is -0.373 e. The highest BCUT2D eigenvalue weighted by Crippen LogP contribution is 2.41. The molecule has 1 aromatic carbocycles. The third-order valence-electron chi connectivity index (χ3n) is 7.95. The first-order chi connectivity index (χ1) is 20.5. The molecule has 5 rings (SSSR count). The molecule has 220 valence electrons. The number of rotatable bonds is 5. The van der Waals surface area contributed by atoms with Gasteiger partial charge >= 0.3 is 0 Å². The van der Waals surface area contributed by atoms with Gasteiger partial charge in [-0.2, -0.15) is 0 Å². The van der Waals surface area contributed by atoms with Gasteiger partial charge in [0.25, 0.3) is 11.2 Å². The van der Waals surface area contributed by atoms with Gasteiger partial charge in [0.1, 0.15) is 11.5 Å². The number of piperazine rings is 1. The highest BCUT2D eigenvalue weighted by atomic mass is 35.5. The van der Waals surface area contributed by atoms with Gasteiger partial charge in [0.2, 0.25) is 5.91 Å². The van der Waals surface area contributed by atoms with Crippen LogP contribution in [0.4, 0.5) is 15.8 Å². The second kappa shape index (κ2) is 11.6. The van der Waals surface area contributed by atoms with E-state index in [0.717, 1.165) is 5.56 Å². The minimum atomic E-state index is -0.561. The number of fused-ring (bicyclic) bond motifs is 1. The molecule has 0 unspecified atom stereocenters. The van der Waals surface area contributed by atoms with Crippen molar-refractivity contribution in [1.82, 2.24) is 19.4 Å². The zero-order chi connectivity index (χ0) is 31.2. The Labute approximate surface area is 254 Å². The van der Waals surface area contributed by atoms with Crippen molar-refractivity contribution in [2.24, 2.45) is 0 Å². The second-order valence-electron chi connectivity index (χ2n) is 11.2. The Morgan fingerprint density at radius 3 is 2.56 bits per heavy atom. The number of benzene rings is 1. The third kappa shape index (κ3) is 5.06. The number of amides is 1. The average molecular weight is 599 g/mol. The summed E-state index contributed by atoms with van der Waals surface area (Å²) in [6.45, 7) is 22.2. The Morgan fingerprint density at radius 1 is 1.19 bits per heavy atom. The Kier molecular flexibility index (Phi) is 8.08. The van der Waals surface area contributed by atoms with Gasteiger partial charge < -0.3 is 9.80 Å². The van der Waals surface area contributed by atoms with Crippen LogP contribution in [0.3, 0.4) is 0 Å². The average Bonchev–Trinajstić information content (AvgIpc) is 2.98. The first-order valence-electron chi connectivity index (χ1n) is 14.1. The number of hydrogen-bond donors (Lipinski definition) is 0. The molecule has 1 aliphatic heterocycles. The molecule has 4 aromatic rings. The van der Waals surface area contributed by atoms with Crippen LogP contribution in [-0.4, -0.2) is 50.5 Å². The molecule has 4 heterocycles. The molecule has 0 saturated carbocycles.